The van der Waals surface area contributed by atoms with Crippen LogP contribution in [0.2, 0.25) is 0 Å². The van der Waals surface area contributed by atoms with E-state index in [0.29, 0.717) is 24.2 Å². The summed E-state index contributed by atoms with van der Waals surface area (Å²) in [4.78, 5) is 31.3. The maximum Gasteiger partial charge on any atom is 0.407 e. The van der Waals surface area contributed by atoms with Crippen molar-refractivity contribution in [3.8, 4) is 0 Å². The lowest BCUT2D eigenvalue weighted by Crippen LogP contribution is -2.26. The van der Waals surface area contributed by atoms with Gasteiger partial charge in [-0.15, -0.1) is 0 Å². The van der Waals surface area contributed by atoms with Gasteiger partial charge in [0.05, 0.1) is 19.3 Å². The number of ether oxygens (including phenoxy) is 1. The molecule has 2 amide bonds. The smallest absolute Gasteiger partial charge is 0.407 e. The maximum atomic E-state index is 12.1. The summed E-state index contributed by atoms with van der Waals surface area (Å²) in [6, 6.07) is 7.08. The molecule has 0 aliphatic heterocycles. The number of methoxy groups -OCH3 is 1. The van der Waals surface area contributed by atoms with Gasteiger partial charge in [0.25, 0.3) is 5.91 Å². The fourth-order valence-electron chi connectivity index (χ4n) is 1.92. The third kappa shape index (κ3) is 5.39. The standard InChI is InChI=1S/C16H18N4O3/c1-23-16(22)20-11-14-9-13(5-8-18-14)15(21)19-7-4-12-3-2-6-17-10-12/h2-3,5-6,8-10H,4,7,11H2,1H3,(H,19,21)(H,20,22). The number of pyridine rings is 2. The van der Waals surface area contributed by atoms with E-state index in [9.17, 15) is 9.59 Å². The Morgan fingerprint density at radius 3 is 2.83 bits per heavy atom. The number of carbonyl (C=O) groups excluding carboxylic acids is 2. The van der Waals surface area contributed by atoms with Crippen molar-refractivity contribution in [2.24, 2.45) is 0 Å². The van der Waals surface area contributed by atoms with Crippen molar-refractivity contribution < 1.29 is 14.3 Å². The van der Waals surface area contributed by atoms with Crippen molar-refractivity contribution in [2.75, 3.05) is 13.7 Å². The van der Waals surface area contributed by atoms with Crippen LogP contribution >= 0.6 is 0 Å². The van der Waals surface area contributed by atoms with Gasteiger partial charge in [0.2, 0.25) is 0 Å². The van der Waals surface area contributed by atoms with E-state index in [1.807, 2.05) is 12.1 Å². The fraction of sp³-hybridized carbons (Fsp3) is 0.250. The highest BCUT2D eigenvalue weighted by molar-refractivity contribution is 5.94. The number of aromatic nitrogens is 2. The van der Waals surface area contributed by atoms with Crippen LogP contribution in [-0.2, 0) is 17.7 Å². The second-order valence-electron chi connectivity index (χ2n) is 4.75. The Hall–Kier alpha value is -2.96. The van der Waals surface area contributed by atoms with E-state index in [4.69, 9.17) is 0 Å². The van der Waals surface area contributed by atoms with Gasteiger partial charge in [-0.3, -0.25) is 14.8 Å². The van der Waals surface area contributed by atoms with E-state index < -0.39 is 6.09 Å². The SMILES string of the molecule is COC(=O)NCc1cc(C(=O)NCCc2cccnc2)ccn1. The third-order valence-electron chi connectivity index (χ3n) is 3.10. The van der Waals surface area contributed by atoms with Gasteiger partial charge in [-0.2, -0.15) is 0 Å². The summed E-state index contributed by atoms with van der Waals surface area (Å²) >= 11 is 0. The Morgan fingerprint density at radius 2 is 2.09 bits per heavy atom. The first-order chi connectivity index (χ1) is 11.2. The van der Waals surface area contributed by atoms with Crippen molar-refractivity contribution in [1.29, 1.82) is 0 Å². The molecule has 0 saturated carbocycles. The molecule has 0 radical (unpaired) electrons. The highest BCUT2D eigenvalue weighted by atomic mass is 16.5. The summed E-state index contributed by atoms with van der Waals surface area (Å²) in [5.41, 5.74) is 2.13. The lowest BCUT2D eigenvalue weighted by Gasteiger charge is -2.07. The highest BCUT2D eigenvalue weighted by Crippen LogP contribution is 2.02. The summed E-state index contributed by atoms with van der Waals surface area (Å²) in [6.45, 7) is 0.714. The number of amides is 2. The Kier molecular flexibility index (Phi) is 6.05. The van der Waals surface area contributed by atoms with Crippen LogP contribution in [0.1, 0.15) is 21.6 Å². The zero-order chi connectivity index (χ0) is 16.5. The number of hydrogen-bond donors (Lipinski definition) is 2. The molecule has 0 spiro atoms. The van der Waals surface area contributed by atoms with E-state index in [1.165, 1.54) is 13.3 Å². The lowest BCUT2D eigenvalue weighted by molar-refractivity contribution is 0.0954. The van der Waals surface area contributed by atoms with Crippen LogP contribution < -0.4 is 10.6 Å². The number of carbonyl (C=O) groups is 2. The van der Waals surface area contributed by atoms with Gasteiger partial charge >= 0.3 is 6.09 Å². The normalized spacial score (nSPS) is 9.96. The maximum absolute atomic E-state index is 12.1. The van der Waals surface area contributed by atoms with E-state index in [0.717, 1.165) is 5.56 Å². The Bertz CT molecular complexity index is 661. The van der Waals surface area contributed by atoms with E-state index in [1.54, 1.807) is 24.5 Å². The van der Waals surface area contributed by atoms with Gasteiger partial charge in [-0.05, 0) is 30.2 Å². The second-order valence-corrected chi connectivity index (χ2v) is 4.75. The molecule has 2 rings (SSSR count). The average molecular weight is 314 g/mol. The van der Waals surface area contributed by atoms with Gasteiger partial charge < -0.3 is 15.4 Å². The van der Waals surface area contributed by atoms with Gasteiger partial charge in [0.1, 0.15) is 0 Å². The molecule has 0 atom stereocenters. The van der Waals surface area contributed by atoms with Crippen LogP contribution in [0.5, 0.6) is 0 Å². The van der Waals surface area contributed by atoms with Crippen LogP contribution in [0.3, 0.4) is 0 Å². The zero-order valence-corrected chi connectivity index (χ0v) is 12.8. The lowest BCUT2D eigenvalue weighted by atomic mass is 10.2. The van der Waals surface area contributed by atoms with E-state index >= 15 is 0 Å². The van der Waals surface area contributed by atoms with Crippen molar-refractivity contribution in [1.82, 2.24) is 20.6 Å². The molecule has 2 aromatic heterocycles. The molecule has 7 nitrogen and oxygen atoms in total. The minimum atomic E-state index is -0.543. The molecular weight excluding hydrogens is 296 g/mol. The quantitative estimate of drug-likeness (QED) is 0.838. The van der Waals surface area contributed by atoms with Crippen LogP contribution in [0.4, 0.5) is 4.79 Å². The predicted molar refractivity (Wildman–Crippen MR) is 83.8 cm³/mol. The van der Waals surface area contributed by atoms with Crippen molar-refractivity contribution >= 4 is 12.0 Å². The summed E-state index contributed by atoms with van der Waals surface area (Å²) in [5, 5.41) is 5.36. The monoisotopic (exact) mass is 314 g/mol. The molecule has 0 fully saturated rings. The number of nitrogens with one attached hydrogen (secondary N) is 2. The number of hydrogen-bond acceptors (Lipinski definition) is 5. The first kappa shape index (κ1) is 16.4. The van der Waals surface area contributed by atoms with Crippen LogP contribution in [0.25, 0.3) is 0 Å². The number of nitrogens with zero attached hydrogens (tertiary/aromatic N) is 2. The summed E-state index contributed by atoms with van der Waals surface area (Å²) < 4.78 is 4.48. The van der Waals surface area contributed by atoms with Gasteiger partial charge in [-0.1, -0.05) is 6.07 Å². The van der Waals surface area contributed by atoms with Gasteiger partial charge in [0, 0.05) is 30.7 Å². The van der Waals surface area contributed by atoms with Crippen LogP contribution in [0, 0.1) is 0 Å². The molecule has 120 valence electrons. The molecule has 0 aliphatic carbocycles. The molecule has 0 aliphatic rings. The van der Waals surface area contributed by atoms with E-state index in [-0.39, 0.29) is 12.5 Å². The minimum Gasteiger partial charge on any atom is -0.453 e. The van der Waals surface area contributed by atoms with Gasteiger partial charge in [0.15, 0.2) is 0 Å². The third-order valence-corrected chi connectivity index (χ3v) is 3.10. The first-order valence-electron chi connectivity index (χ1n) is 7.13. The average Bonchev–Trinajstić information content (AvgIpc) is 2.60. The number of rotatable bonds is 6. The second kappa shape index (κ2) is 8.47. The van der Waals surface area contributed by atoms with Crippen molar-refractivity contribution in [3.05, 3.63) is 59.7 Å². The van der Waals surface area contributed by atoms with Gasteiger partial charge in [-0.25, -0.2) is 4.79 Å². The molecule has 2 heterocycles. The summed E-state index contributed by atoms with van der Waals surface area (Å²) in [5.74, 6) is -0.185. The molecule has 0 aromatic carbocycles. The first-order valence-corrected chi connectivity index (χ1v) is 7.13. The highest BCUT2D eigenvalue weighted by Gasteiger charge is 2.07. The number of alkyl carbamates (subject to hydrolysis) is 1. The molecule has 0 unspecified atom stereocenters. The minimum absolute atomic E-state index is 0.185. The molecule has 0 saturated heterocycles. The molecule has 23 heavy (non-hydrogen) atoms. The Morgan fingerprint density at radius 1 is 1.22 bits per heavy atom. The molecule has 2 aromatic rings. The topological polar surface area (TPSA) is 93.2 Å². The summed E-state index contributed by atoms with van der Waals surface area (Å²) in [6.07, 6.45) is 5.18. The van der Waals surface area contributed by atoms with Crippen molar-refractivity contribution in [3.63, 3.8) is 0 Å². The Balaban J connectivity index is 1.85. The van der Waals surface area contributed by atoms with Crippen LogP contribution in [-0.4, -0.2) is 35.6 Å². The molecular formula is C16H18N4O3. The summed E-state index contributed by atoms with van der Waals surface area (Å²) in [7, 11) is 1.29. The fourth-order valence-corrected chi connectivity index (χ4v) is 1.92. The molecule has 2 N–H and O–H groups in total. The van der Waals surface area contributed by atoms with Crippen molar-refractivity contribution in [2.45, 2.75) is 13.0 Å². The molecule has 0 bridgehead atoms. The predicted octanol–water partition coefficient (Wildman–Crippen LogP) is 1.31. The zero-order valence-electron chi connectivity index (χ0n) is 12.8. The molecule has 7 heteroatoms. The van der Waals surface area contributed by atoms with E-state index in [2.05, 4.69) is 25.3 Å². The largest absolute Gasteiger partial charge is 0.453 e. The Labute approximate surface area is 134 Å². The van der Waals surface area contributed by atoms with Crippen LogP contribution in [0.15, 0.2) is 42.9 Å².